The van der Waals surface area contributed by atoms with E-state index in [1.807, 2.05) is 0 Å². The molecule has 8 heteroatoms. The first-order chi connectivity index (χ1) is 9.49. The Morgan fingerprint density at radius 1 is 1.20 bits per heavy atom. The number of piperazine rings is 1. The van der Waals surface area contributed by atoms with Gasteiger partial charge in [0.1, 0.15) is 5.56 Å². The molecule has 0 spiro atoms. The Morgan fingerprint density at radius 3 is 2.35 bits per heavy atom. The average molecular weight is 352 g/mol. The van der Waals surface area contributed by atoms with Crippen LogP contribution in [0.25, 0.3) is 0 Å². The van der Waals surface area contributed by atoms with E-state index in [2.05, 4.69) is 26.6 Å². The summed E-state index contributed by atoms with van der Waals surface area (Å²) in [6, 6.07) is 0. The highest BCUT2D eigenvalue weighted by molar-refractivity contribution is 9.10. The summed E-state index contributed by atoms with van der Waals surface area (Å²) in [5, 5.41) is 5.15. The third kappa shape index (κ3) is 2.49. The fourth-order valence-electron chi connectivity index (χ4n) is 2.11. The molecule has 20 heavy (non-hydrogen) atoms. The van der Waals surface area contributed by atoms with Crippen molar-refractivity contribution < 1.29 is 18.0 Å². The second-order valence-electron chi connectivity index (χ2n) is 4.30. The van der Waals surface area contributed by atoms with E-state index in [1.54, 1.807) is 0 Å². The van der Waals surface area contributed by atoms with Gasteiger partial charge >= 0.3 is 0 Å². The van der Waals surface area contributed by atoms with E-state index in [0.29, 0.717) is 26.2 Å². The first-order valence-electron chi connectivity index (χ1n) is 6.02. The molecule has 2 N–H and O–H groups in total. The van der Waals surface area contributed by atoms with Crippen LogP contribution in [0.4, 0.5) is 18.9 Å². The Kier molecular flexibility index (Phi) is 4.54. The third-order valence-electron chi connectivity index (χ3n) is 3.13. The van der Waals surface area contributed by atoms with Crippen molar-refractivity contribution in [3.05, 3.63) is 27.5 Å². The van der Waals surface area contributed by atoms with E-state index in [9.17, 15) is 18.0 Å². The van der Waals surface area contributed by atoms with E-state index in [1.165, 1.54) is 11.9 Å². The van der Waals surface area contributed by atoms with E-state index in [4.69, 9.17) is 0 Å². The van der Waals surface area contributed by atoms with Gasteiger partial charge in [0.25, 0.3) is 5.91 Å². The lowest BCUT2D eigenvalue weighted by Crippen LogP contribution is -2.44. The summed E-state index contributed by atoms with van der Waals surface area (Å²) < 4.78 is 42.0. The molecule has 0 saturated carbocycles. The third-order valence-corrected chi connectivity index (χ3v) is 3.85. The van der Waals surface area contributed by atoms with Gasteiger partial charge in [0.2, 0.25) is 0 Å². The van der Waals surface area contributed by atoms with Crippen molar-refractivity contribution in [3.63, 3.8) is 0 Å². The van der Waals surface area contributed by atoms with Crippen molar-refractivity contribution >= 4 is 27.5 Å². The summed E-state index contributed by atoms with van der Waals surface area (Å²) in [4.78, 5) is 13.0. The maximum atomic E-state index is 14.2. The lowest BCUT2D eigenvalue weighted by molar-refractivity contribution is 0.0953. The Bertz CT molecular complexity index is 518. The smallest absolute Gasteiger partial charge is 0.257 e. The monoisotopic (exact) mass is 351 g/mol. The van der Waals surface area contributed by atoms with Crippen LogP contribution in [-0.4, -0.2) is 39.1 Å². The topological polar surface area (TPSA) is 44.4 Å². The summed E-state index contributed by atoms with van der Waals surface area (Å²) in [6.07, 6.45) is 0. The molecule has 0 bridgehead atoms. The van der Waals surface area contributed by atoms with Gasteiger partial charge in [0, 0.05) is 33.2 Å². The molecule has 1 fully saturated rings. The zero-order chi connectivity index (χ0) is 14.9. The number of hydrogen-bond acceptors (Lipinski definition) is 3. The molecule has 1 heterocycles. The highest BCUT2D eigenvalue weighted by atomic mass is 79.9. The van der Waals surface area contributed by atoms with Gasteiger partial charge in [-0.15, -0.1) is 0 Å². The van der Waals surface area contributed by atoms with Crippen LogP contribution < -0.4 is 15.5 Å². The van der Waals surface area contributed by atoms with Crippen molar-refractivity contribution in [1.29, 1.82) is 0 Å². The predicted octanol–water partition coefficient (Wildman–Crippen LogP) is 1.64. The molecule has 0 aliphatic carbocycles. The number of nitrogens with one attached hydrogen (secondary N) is 2. The van der Waals surface area contributed by atoms with Gasteiger partial charge in [0.15, 0.2) is 17.5 Å². The number of carbonyl (C=O) groups excluding carboxylic acids is 1. The van der Waals surface area contributed by atoms with Crippen molar-refractivity contribution in [2.45, 2.75) is 0 Å². The van der Waals surface area contributed by atoms with E-state index >= 15 is 0 Å². The second kappa shape index (κ2) is 6.01. The van der Waals surface area contributed by atoms with Crippen LogP contribution in [0.3, 0.4) is 0 Å². The van der Waals surface area contributed by atoms with Gasteiger partial charge in [-0.05, 0) is 15.9 Å². The van der Waals surface area contributed by atoms with Crippen molar-refractivity contribution in [3.8, 4) is 0 Å². The summed E-state index contributed by atoms with van der Waals surface area (Å²) >= 11 is 2.93. The van der Waals surface area contributed by atoms with Crippen LogP contribution in [0.1, 0.15) is 10.4 Å². The molecule has 1 aromatic rings. The lowest BCUT2D eigenvalue weighted by atomic mass is 10.1. The number of rotatable bonds is 2. The SMILES string of the molecule is CNC(=O)c1c(F)c(F)c(N2CCNCC2)c(Br)c1F. The quantitative estimate of drug-likeness (QED) is 0.796. The lowest BCUT2D eigenvalue weighted by Gasteiger charge is -2.31. The molecular formula is C12H13BrF3N3O. The van der Waals surface area contributed by atoms with Crippen LogP contribution >= 0.6 is 15.9 Å². The number of nitrogens with zero attached hydrogens (tertiary/aromatic N) is 1. The fraction of sp³-hybridized carbons (Fsp3) is 0.417. The van der Waals surface area contributed by atoms with Gasteiger partial charge in [-0.3, -0.25) is 4.79 Å². The zero-order valence-corrected chi connectivity index (χ0v) is 12.3. The molecule has 0 radical (unpaired) electrons. The second-order valence-corrected chi connectivity index (χ2v) is 5.09. The minimum absolute atomic E-state index is 0.186. The van der Waals surface area contributed by atoms with Crippen molar-refractivity contribution in [1.82, 2.24) is 10.6 Å². The molecule has 1 aliphatic rings. The van der Waals surface area contributed by atoms with Gasteiger partial charge in [-0.2, -0.15) is 0 Å². The molecular weight excluding hydrogens is 339 g/mol. The zero-order valence-electron chi connectivity index (χ0n) is 10.7. The summed E-state index contributed by atoms with van der Waals surface area (Å²) in [5.41, 5.74) is -1.11. The van der Waals surface area contributed by atoms with Crippen LogP contribution in [-0.2, 0) is 0 Å². The molecule has 1 saturated heterocycles. The Balaban J connectivity index is 2.57. The molecule has 4 nitrogen and oxygen atoms in total. The maximum Gasteiger partial charge on any atom is 0.257 e. The molecule has 110 valence electrons. The van der Waals surface area contributed by atoms with Gasteiger partial charge < -0.3 is 15.5 Å². The Morgan fingerprint density at radius 2 is 1.80 bits per heavy atom. The fourth-order valence-corrected chi connectivity index (χ4v) is 2.73. The molecule has 2 rings (SSSR count). The number of amides is 1. The van der Waals surface area contributed by atoms with Crippen LogP contribution in [0.15, 0.2) is 4.47 Å². The van der Waals surface area contributed by atoms with Crippen LogP contribution in [0.5, 0.6) is 0 Å². The highest BCUT2D eigenvalue weighted by Gasteiger charge is 2.30. The minimum Gasteiger partial charge on any atom is -0.366 e. The number of hydrogen-bond donors (Lipinski definition) is 2. The predicted molar refractivity (Wildman–Crippen MR) is 72.5 cm³/mol. The van der Waals surface area contributed by atoms with Gasteiger partial charge in [-0.25, -0.2) is 13.2 Å². The number of carbonyl (C=O) groups is 1. The summed E-state index contributed by atoms with van der Waals surface area (Å²) in [6.45, 7) is 2.03. The molecule has 1 aromatic carbocycles. The normalized spacial score (nSPS) is 15.3. The first kappa shape index (κ1) is 15.1. The number of halogens is 4. The van der Waals surface area contributed by atoms with Gasteiger partial charge in [0.05, 0.1) is 10.2 Å². The van der Waals surface area contributed by atoms with E-state index in [-0.39, 0.29) is 10.2 Å². The summed E-state index contributed by atoms with van der Waals surface area (Å²) in [7, 11) is 1.22. The van der Waals surface area contributed by atoms with Crippen LogP contribution in [0, 0.1) is 17.5 Å². The Hall–Kier alpha value is -1.28. The number of benzene rings is 1. The number of anilines is 1. The maximum absolute atomic E-state index is 14.2. The average Bonchev–Trinajstić information content (AvgIpc) is 2.46. The van der Waals surface area contributed by atoms with Crippen molar-refractivity contribution in [2.24, 2.45) is 0 Å². The minimum atomic E-state index is -1.47. The molecule has 1 amide bonds. The van der Waals surface area contributed by atoms with Gasteiger partial charge in [-0.1, -0.05) is 0 Å². The van der Waals surface area contributed by atoms with Crippen molar-refractivity contribution in [2.75, 3.05) is 38.1 Å². The standard InChI is InChI=1S/C12H13BrF3N3O/c1-17-12(20)6-8(14)7(13)11(10(16)9(6)15)19-4-2-18-3-5-19/h18H,2-5H2,1H3,(H,17,20). The van der Waals surface area contributed by atoms with Crippen LogP contribution in [0.2, 0.25) is 0 Å². The molecule has 0 atom stereocenters. The Labute approximate surface area is 122 Å². The largest absolute Gasteiger partial charge is 0.366 e. The van der Waals surface area contributed by atoms with E-state index < -0.39 is 28.9 Å². The molecule has 1 aliphatic heterocycles. The molecule has 0 unspecified atom stereocenters. The van der Waals surface area contributed by atoms with E-state index in [0.717, 1.165) is 0 Å². The summed E-state index contributed by atoms with van der Waals surface area (Å²) in [5.74, 6) is -4.80. The highest BCUT2D eigenvalue weighted by Crippen LogP contribution is 2.36. The first-order valence-corrected chi connectivity index (χ1v) is 6.82. The molecule has 0 aromatic heterocycles.